The molecule has 1 aromatic carbocycles. The van der Waals surface area contributed by atoms with Crippen molar-refractivity contribution in [2.75, 3.05) is 5.32 Å². The lowest BCUT2D eigenvalue weighted by Crippen LogP contribution is -2.09. The maximum Gasteiger partial charge on any atom is 0.101 e. The van der Waals surface area contributed by atoms with E-state index in [-0.39, 0.29) is 5.41 Å². The molecule has 2 aromatic rings. The molecule has 0 spiro atoms. The maximum absolute atomic E-state index is 9.10. The molecular formula is C15H16BrN3S. The summed E-state index contributed by atoms with van der Waals surface area (Å²) in [5.74, 6) is 0. The van der Waals surface area contributed by atoms with Crippen LogP contribution in [0, 0.1) is 11.3 Å². The molecule has 0 bridgehead atoms. The molecular weight excluding hydrogens is 334 g/mol. The van der Waals surface area contributed by atoms with Gasteiger partial charge >= 0.3 is 0 Å². The summed E-state index contributed by atoms with van der Waals surface area (Å²) >= 11 is 5.13. The summed E-state index contributed by atoms with van der Waals surface area (Å²) in [5.41, 5.74) is 1.57. The third kappa shape index (κ3) is 3.59. The SMILES string of the molecule is CC(C)(C)c1ncc(CNc2cc(Br)ccc2C#N)s1. The van der Waals surface area contributed by atoms with Gasteiger partial charge in [-0.3, -0.25) is 0 Å². The van der Waals surface area contributed by atoms with Gasteiger partial charge in [-0.25, -0.2) is 4.98 Å². The number of nitriles is 1. The summed E-state index contributed by atoms with van der Waals surface area (Å²) in [7, 11) is 0. The van der Waals surface area contributed by atoms with E-state index in [2.05, 4.69) is 53.1 Å². The highest BCUT2D eigenvalue weighted by molar-refractivity contribution is 9.10. The standard InChI is InChI=1S/C15H16BrN3S/c1-15(2,3)14-19-9-12(20-14)8-18-13-6-11(16)5-4-10(13)7-17/h4-6,9,18H,8H2,1-3H3. The van der Waals surface area contributed by atoms with E-state index in [0.29, 0.717) is 12.1 Å². The molecule has 20 heavy (non-hydrogen) atoms. The van der Waals surface area contributed by atoms with E-state index in [1.54, 1.807) is 17.4 Å². The highest BCUT2D eigenvalue weighted by Gasteiger charge is 2.17. The predicted octanol–water partition coefficient (Wildman–Crippen LogP) is 4.69. The Morgan fingerprint density at radius 1 is 1.40 bits per heavy atom. The van der Waals surface area contributed by atoms with Crippen molar-refractivity contribution in [3.05, 3.63) is 44.3 Å². The van der Waals surface area contributed by atoms with E-state index in [9.17, 15) is 0 Å². The maximum atomic E-state index is 9.10. The van der Waals surface area contributed by atoms with Crippen molar-refractivity contribution in [3.63, 3.8) is 0 Å². The van der Waals surface area contributed by atoms with Crippen molar-refractivity contribution in [1.82, 2.24) is 4.98 Å². The van der Waals surface area contributed by atoms with Crippen LogP contribution in [0.4, 0.5) is 5.69 Å². The fraction of sp³-hybridized carbons (Fsp3) is 0.333. The molecule has 0 unspecified atom stereocenters. The minimum Gasteiger partial charge on any atom is -0.379 e. The molecule has 0 aliphatic rings. The predicted molar refractivity (Wildman–Crippen MR) is 87.0 cm³/mol. The third-order valence-corrected chi connectivity index (χ3v) is 4.67. The molecule has 1 N–H and O–H groups in total. The number of anilines is 1. The monoisotopic (exact) mass is 349 g/mol. The molecule has 0 atom stereocenters. The first-order valence-corrected chi connectivity index (χ1v) is 7.90. The van der Waals surface area contributed by atoms with Crippen LogP contribution in [0.2, 0.25) is 0 Å². The minimum absolute atomic E-state index is 0.0799. The summed E-state index contributed by atoms with van der Waals surface area (Å²) in [5, 5.41) is 13.5. The van der Waals surface area contributed by atoms with Crippen LogP contribution in [-0.2, 0) is 12.0 Å². The summed E-state index contributed by atoms with van der Waals surface area (Å²) < 4.78 is 0.957. The summed E-state index contributed by atoms with van der Waals surface area (Å²) in [4.78, 5) is 5.63. The Hall–Kier alpha value is -1.38. The van der Waals surface area contributed by atoms with Crippen LogP contribution in [-0.4, -0.2) is 4.98 Å². The molecule has 1 heterocycles. The number of benzene rings is 1. The van der Waals surface area contributed by atoms with Crippen molar-refractivity contribution in [1.29, 1.82) is 5.26 Å². The van der Waals surface area contributed by atoms with Crippen LogP contribution in [0.15, 0.2) is 28.9 Å². The molecule has 1 aromatic heterocycles. The van der Waals surface area contributed by atoms with Gasteiger partial charge in [0.05, 0.1) is 22.8 Å². The average molecular weight is 350 g/mol. The average Bonchev–Trinajstić information content (AvgIpc) is 2.85. The Kier molecular flexibility index (Phi) is 4.46. The quantitative estimate of drug-likeness (QED) is 0.874. The topological polar surface area (TPSA) is 48.7 Å². The zero-order chi connectivity index (χ0) is 14.8. The molecule has 0 saturated carbocycles. The third-order valence-electron chi connectivity index (χ3n) is 2.75. The molecule has 0 aliphatic carbocycles. The summed E-state index contributed by atoms with van der Waals surface area (Å²) in [6.45, 7) is 7.15. The van der Waals surface area contributed by atoms with Crippen LogP contribution in [0.25, 0.3) is 0 Å². The number of rotatable bonds is 3. The molecule has 0 radical (unpaired) electrons. The fourth-order valence-corrected chi connectivity index (χ4v) is 2.95. The van der Waals surface area contributed by atoms with Crippen LogP contribution >= 0.6 is 27.3 Å². The molecule has 5 heteroatoms. The second kappa shape index (κ2) is 5.94. The van der Waals surface area contributed by atoms with E-state index in [1.165, 1.54) is 4.88 Å². The molecule has 0 aliphatic heterocycles. The number of nitrogens with zero attached hydrogens (tertiary/aromatic N) is 2. The largest absolute Gasteiger partial charge is 0.379 e. The lowest BCUT2D eigenvalue weighted by molar-refractivity contribution is 0.585. The Labute approximate surface area is 131 Å². The highest BCUT2D eigenvalue weighted by Crippen LogP contribution is 2.28. The van der Waals surface area contributed by atoms with Gasteiger partial charge in [-0.05, 0) is 18.2 Å². The van der Waals surface area contributed by atoms with Gasteiger partial charge in [0.2, 0.25) is 0 Å². The van der Waals surface area contributed by atoms with Crippen LogP contribution in [0.5, 0.6) is 0 Å². The first-order chi connectivity index (χ1) is 9.40. The summed E-state index contributed by atoms with van der Waals surface area (Å²) in [6.07, 6.45) is 1.91. The zero-order valence-electron chi connectivity index (χ0n) is 11.7. The molecule has 104 valence electrons. The molecule has 0 saturated heterocycles. The number of hydrogen-bond acceptors (Lipinski definition) is 4. The lowest BCUT2D eigenvalue weighted by atomic mass is 9.98. The smallest absolute Gasteiger partial charge is 0.101 e. The minimum atomic E-state index is 0.0799. The number of hydrogen-bond donors (Lipinski definition) is 1. The van der Waals surface area contributed by atoms with Gasteiger partial charge in [0.1, 0.15) is 6.07 Å². The van der Waals surface area contributed by atoms with Gasteiger partial charge in [-0.1, -0.05) is 36.7 Å². The van der Waals surface area contributed by atoms with E-state index < -0.39 is 0 Å². The number of aromatic nitrogens is 1. The first-order valence-electron chi connectivity index (χ1n) is 6.29. The Morgan fingerprint density at radius 3 is 2.75 bits per heavy atom. The van der Waals surface area contributed by atoms with E-state index in [1.807, 2.05) is 18.3 Å². The van der Waals surface area contributed by atoms with Gasteiger partial charge in [0.25, 0.3) is 0 Å². The Bertz CT molecular complexity index is 650. The normalized spacial score (nSPS) is 11.2. The van der Waals surface area contributed by atoms with Gasteiger partial charge < -0.3 is 5.32 Å². The number of nitrogens with one attached hydrogen (secondary N) is 1. The van der Waals surface area contributed by atoms with E-state index in [4.69, 9.17) is 5.26 Å². The highest BCUT2D eigenvalue weighted by atomic mass is 79.9. The van der Waals surface area contributed by atoms with E-state index >= 15 is 0 Å². The van der Waals surface area contributed by atoms with Gasteiger partial charge in [0.15, 0.2) is 0 Å². The van der Waals surface area contributed by atoms with Crippen LogP contribution < -0.4 is 5.32 Å². The van der Waals surface area contributed by atoms with Gasteiger partial charge in [-0.2, -0.15) is 5.26 Å². The second-order valence-corrected chi connectivity index (χ2v) is 7.57. The molecule has 3 nitrogen and oxygen atoms in total. The van der Waals surface area contributed by atoms with Crippen molar-refractivity contribution in [2.24, 2.45) is 0 Å². The summed E-state index contributed by atoms with van der Waals surface area (Å²) in [6, 6.07) is 7.79. The van der Waals surface area contributed by atoms with Crippen molar-refractivity contribution in [2.45, 2.75) is 32.7 Å². The second-order valence-electron chi connectivity index (χ2n) is 5.54. The Balaban J connectivity index is 2.12. The first kappa shape index (κ1) is 15.0. The van der Waals surface area contributed by atoms with Crippen molar-refractivity contribution >= 4 is 33.0 Å². The van der Waals surface area contributed by atoms with E-state index in [0.717, 1.165) is 15.2 Å². The molecule has 0 amide bonds. The Morgan fingerprint density at radius 2 is 2.15 bits per heavy atom. The van der Waals surface area contributed by atoms with Gasteiger partial charge in [-0.15, -0.1) is 11.3 Å². The number of halogens is 1. The molecule has 0 fully saturated rings. The van der Waals surface area contributed by atoms with Crippen molar-refractivity contribution < 1.29 is 0 Å². The fourth-order valence-electron chi connectivity index (χ4n) is 1.68. The van der Waals surface area contributed by atoms with Crippen LogP contribution in [0.3, 0.4) is 0 Å². The van der Waals surface area contributed by atoms with Crippen molar-refractivity contribution in [3.8, 4) is 6.07 Å². The molecule has 2 rings (SSSR count). The number of thiazole rings is 1. The van der Waals surface area contributed by atoms with Gasteiger partial charge in [0, 0.05) is 21.0 Å². The van der Waals surface area contributed by atoms with Crippen LogP contribution in [0.1, 0.15) is 36.2 Å². The lowest BCUT2D eigenvalue weighted by Gasteiger charge is -2.13. The zero-order valence-corrected chi connectivity index (χ0v) is 14.1.